The van der Waals surface area contributed by atoms with Gasteiger partial charge in [-0.3, -0.25) is 9.59 Å². The molecule has 0 atom stereocenters. The quantitative estimate of drug-likeness (QED) is 0.644. The maximum Gasteiger partial charge on any atom is 0.303 e. The number of hydrogen-bond acceptors (Lipinski definition) is 3. The molecule has 0 saturated carbocycles. The van der Waals surface area contributed by atoms with Crippen molar-refractivity contribution < 1.29 is 19.8 Å². The highest BCUT2D eigenvalue weighted by atomic mass is 35.5. The number of rotatable bonds is 8. The molecule has 0 aromatic heterocycles. The molecule has 1 aromatic rings. The van der Waals surface area contributed by atoms with Crippen molar-refractivity contribution in [2.45, 2.75) is 32.1 Å². The van der Waals surface area contributed by atoms with Crippen LogP contribution in [0.1, 0.15) is 42.5 Å². The van der Waals surface area contributed by atoms with Gasteiger partial charge in [0.05, 0.1) is 5.56 Å². The van der Waals surface area contributed by atoms with Crippen LogP contribution in [0.25, 0.3) is 0 Å². The number of phenolic OH excluding ortho intramolecular Hbond substituents is 1. The van der Waals surface area contributed by atoms with E-state index in [1.54, 1.807) is 6.07 Å². The minimum Gasteiger partial charge on any atom is -0.507 e. The van der Waals surface area contributed by atoms with E-state index < -0.39 is 5.97 Å². The van der Waals surface area contributed by atoms with Gasteiger partial charge in [0.25, 0.3) is 5.91 Å². The number of halogens is 1. The SMILES string of the molecule is O=C(O)CCCCCCNC(=O)c1ccc(Cl)cc1O. The molecule has 5 nitrogen and oxygen atoms in total. The minimum atomic E-state index is -0.781. The van der Waals surface area contributed by atoms with Crippen LogP contribution < -0.4 is 5.32 Å². The van der Waals surface area contributed by atoms with Crippen molar-refractivity contribution >= 4 is 23.5 Å². The average Bonchev–Trinajstić information content (AvgIpc) is 2.37. The fraction of sp³-hybridized carbons (Fsp3) is 0.429. The Morgan fingerprint density at radius 1 is 1.15 bits per heavy atom. The van der Waals surface area contributed by atoms with Gasteiger partial charge in [-0.1, -0.05) is 24.4 Å². The van der Waals surface area contributed by atoms with Crippen molar-refractivity contribution in [1.29, 1.82) is 0 Å². The lowest BCUT2D eigenvalue weighted by Crippen LogP contribution is -2.24. The van der Waals surface area contributed by atoms with Gasteiger partial charge >= 0.3 is 5.97 Å². The number of amides is 1. The van der Waals surface area contributed by atoms with Gasteiger partial charge in [-0.15, -0.1) is 0 Å². The number of hydrogen-bond donors (Lipinski definition) is 3. The minimum absolute atomic E-state index is 0.142. The van der Waals surface area contributed by atoms with Crippen molar-refractivity contribution in [1.82, 2.24) is 5.32 Å². The molecule has 1 aromatic carbocycles. The first-order valence-corrected chi connectivity index (χ1v) is 6.87. The highest BCUT2D eigenvalue weighted by molar-refractivity contribution is 6.30. The number of carboxylic acid groups (broad SMARTS) is 1. The van der Waals surface area contributed by atoms with Gasteiger partial charge in [0.1, 0.15) is 5.75 Å². The summed E-state index contributed by atoms with van der Waals surface area (Å²) in [5.74, 6) is -1.27. The highest BCUT2D eigenvalue weighted by Gasteiger charge is 2.10. The Kier molecular flexibility index (Phi) is 6.87. The van der Waals surface area contributed by atoms with E-state index in [9.17, 15) is 14.7 Å². The molecule has 0 aliphatic carbocycles. The summed E-state index contributed by atoms with van der Waals surface area (Å²) in [5, 5.41) is 21.1. The van der Waals surface area contributed by atoms with Crippen LogP contribution in [0.5, 0.6) is 5.75 Å². The van der Waals surface area contributed by atoms with Crippen LogP contribution in [0.4, 0.5) is 0 Å². The second-order valence-corrected chi connectivity index (χ2v) is 4.91. The number of phenols is 1. The molecule has 1 rings (SSSR count). The van der Waals surface area contributed by atoms with Crippen LogP contribution in [-0.4, -0.2) is 28.6 Å². The van der Waals surface area contributed by atoms with Gasteiger partial charge in [0.15, 0.2) is 0 Å². The summed E-state index contributed by atoms with van der Waals surface area (Å²) in [7, 11) is 0. The zero-order valence-electron chi connectivity index (χ0n) is 11.1. The molecule has 0 saturated heterocycles. The molecular formula is C14H18ClNO4. The second-order valence-electron chi connectivity index (χ2n) is 4.48. The summed E-state index contributed by atoms with van der Waals surface area (Å²) < 4.78 is 0. The largest absolute Gasteiger partial charge is 0.507 e. The molecule has 1 amide bonds. The lowest BCUT2D eigenvalue weighted by molar-refractivity contribution is -0.137. The van der Waals surface area contributed by atoms with Crippen molar-refractivity contribution in [3.63, 3.8) is 0 Å². The van der Waals surface area contributed by atoms with Crippen molar-refractivity contribution in [2.24, 2.45) is 0 Å². The summed E-state index contributed by atoms with van der Waals surface area (Å²) in [6.07, 6.45) is 3.31. The van der Waals surface area contributed by atoms with Gasteiger partial charge in [-0.05, 0) is 31.0 Å². The fourth-order valence-electron chi connectivity index (χ4n) is 1.75. The smallest absolute Gasteiger partial charge is 0.303 e. The molecule has 6 heteroatoms. The van der Waals surface area contributed by atoms with Crippen LogP contribution in [0.3, 0.4) is 0 Å². The number of carbonyl (C=O) groups excluding carboxylic acids is 1. The fourth-order valence-corrected chi connectivity index (χ4v) is 1.92. The predicted octanol–water partition coefficient (Wildman–Crippen LogP) is 2.81. The first-order chi connectivity index (χ1) is 9.50. The molecular weight excluding hydrogens is 282 g/mol. The van der Waals surface area contributed by atoms with E-state index in [4.69, 9.17) is 16.7 Å². The first kappa shape index (κ1) is 16.3. The van der Waals surface area contributed by atoms with Gasteiger partial charge in [-0.25, -0.2) is 0 Å². The van der Waals surface area contributed by atoms with Crippen molar-refractivity contribution in [3.8, 4) is 5.75 Å². The number of nitrogens with one attached hydrogen (secondary N) is 1. The maximum absolute atomic E-state index is 11.8. The van der Waals surface area contributed by atoms with Crippen LogP contribution in [0.15, 0.2) is 18.2 Å². The lowest BCUT2D eigenvalue weighted by atomic mass is 10.1. The number of benzene rings is 1. The van der Waals surface area contributed by atoms with E-state index >= 15 is 0 Å². The predicted molar refractivity (Wildman–Crippen MR) is 76.2 cm³/mol. The number of unbranched alkanes of at least 4 members (excludes halogenated alkanes) is 3. The van der Waals surface area contributed by atoms with Crippen molar-refractivity contribution in [3.05, 3.63) is 28.8 Å². The third-order valence-electron chi connectivity index (χ3n) is 2.81. The Bertz CT molecular complexity index is 476. The summed E-state index contributed by atoms with van der Waals surface area (Å²) >= 11 is 5.69. The Morgan fingerprint density at radius 3 is 2.50 bits per heavy atom. The normalized spacial score (nSPS) is 10.2. The molecule has 0 fully saturated rings. The summed E-state index contributed by atoms with van der Waals surface area (Å²) in [6, 6.07) is 4.34. The van der Waals surface area contributed by atoms with E-state index in [1.165, 1.54) is 12.1 Å². The van der Waals surface area contributed by atoms with Crippen LogP contribution >= 0.6 is 11.6 Å². The van der Waals surface area contributed by atoms with E-state index in [0.29, 0.717) is 18.0 Å². The number of aromatic hydroxyl groups is 1. The average molecular weight is 300 g/mol. The molecule has 0 aliphatic rings. The zero-order chi connectivity index (χ0) is 15.0. The Morgan fingerprint density at radius 2 is 1.85 bits per heavy atom. The summed E-state index contributed by atoms with van der Waals surface area (Å²) in [4.78, 5) is 22.1. The third kappa shape index (κ3) is 5.93. The zero-order valence-corrected chi connectivity index (χ0v) is 11.8. The molecule has 0 unspecified atom stereocenters. The molecule has 0 spiro atoms. The van der Waals surface area contributed by atoms with Crippen molar-refractivity contribution in [2.75, 3.05) is 6.54 Å². The molecule has 3 N–H and O–H groups in total. The number of carboxylic acids is 1. The molecule has 0 heterocycles. The van der Waals surface area contributed by atoms with Crippen LogP contribution in [0, 0.1) is 0 Å². The van der Waals surface area contributed by atoms with E-state index in [-0.39, 0.29) is 23.6 Å². The highest BCUT2D eigenvalue weighted by Crippen LogP contribution is 2.21. The summed E-state index contributed by atoms with van der Waals surface area (Å²) in [5.41, 5.74) is 0.195. The second kappa shape index (κ2) is 8.43. The van der Waals surface area contributed by atoms with Gasteiger partial charge in [-0.2, -0.15) is 0 Å². The monoisotopic (exact) mass is 299 g/mol. The van der Waals surface area contributed by atoms with Gasteiger partial charge in [0, 0.05) is 18.0 Å². The topological polar surface area (TPSA) is 86.6 Å². The van der Waals surface area contributed by atoms with Gasteiger partial charge in [0.2, 0.25) is 0 Å². The van der Waals surface area contributed by atoms with E-state index in [0.717, 1.165) is 19.3 Å². The first-order valence-electron chi connectivity index (χ1n) is 6.49. The number of carbonyl (C=O) groups is 2. The third-order valence-corrected chi connectivity index (χ3v) is 3.04. The molecule has 0 aliphatic heterocycles. The van der Waals surface area contributed by atoms with E-state index in [1.807, 2.05) is 0 Å². The van der Waals surface area contributed by atoms with Gasteiger partial charge < -0.3 is 15.5 Å². The molecule has 20 heavy (non-hydrogen) atoms. The number of aliphatic carboxylic acids is 1. The lowest BCUT2D eigenvalue weighted by Gasteiger charge is -2.07. The van der Waals surface area contributed by atoms with Crippen LogP contribution in [0.2, 0.25) is 5.02 Å². The Hall–Kier alpha value is -1.75. The van der Waals surface area contributed by atoms with Crippen LogP contribution in [-0.2, 0) is 4.79 Å². The standard InChI is InChI=1S/C14H18ClNO4/c15-10-6-7-11(12(17)9-10)14(20)16-8-4-2-1-3-5-13(18)19/h6-7,9,17H,1-5,8H2,(H,16,20)(H,18,19). The maximum atomic E-state index is 11.8. The summed E-state index contributed by atoms with van der Waals surface area (Å²) in [6.45, 7) is 0.494. The molecule has 0 radical (unpaired) electrons. The molecule has 110 valence electrons. The Labute approximate surface area is 122 Å². The Balaban J connectivity index is 2.22. The van der Waals surface area contributed by atoms with E-state index in [2.05, 4.69) is 5.32 Å². The molecule has 0 bridgehead atoms.